The number of nitrogens with zero attached hydrogens (tertiary/aromatic N) is 1. The number of nitrogens with one attached hydrogen (secondary N) is 1. The van der Waals surface area contributed by atoms with E-state index < -0.39 is 23.9 Å². The number of hydrogen-bond donors (Lipinski definition) is 1. The van der Waals surface area contributed by atoms with E-state index in [1.165, 1.54) is 31.5 Å². The lowest BCUT2D eigenvalue weighted by molar-refractivity contribution is -0.130. The molecule has 3 amide bonds. The van der Waals surface area contributed by atoms with Crippen molar-refractivity contribution in [2.45, 2.75) is 58.6 Å². The predicted molar refractivity (Wildman–Crippen MR) is 123 cm³/mol. The van der Waals surface area contributed by atoms with Crippen LogP contribution in [0.3, 0.4) is 0 Å². The molecule has 7 heteroatoms. The second kappa shape index (κ2) is 9.17. The summed E-state index contributed by atoms with van der Waals surface area (Å²) in [5, 5.41) is 2.99. The Morgan fingerprint density at radius 2 is 1.73 bits per heavy atom. The lowest BCUT2D eigenvalue weighted by Gasteiger charge is -2.30. The van der Waals surface area contributed by atoms with Crippen LogP contribution in [0.1, 0.15) is 76.2 Å². The third kappa shape index (κ3) is 4.40. The number of aryl methyl sites for hydroxylation is 1. The van der Waals surface area contributed by atoms with Gasteiger partial charge in [-0.15, -0.1) is 0 Å². The molecule has 7 nitrogen and oxygen atoms in total. The predicted octanol–water partition coefficient (Wildman–Crippen LogP) is 4.04. The first-order valence-corrected chi connectivity index (χ1v) is 11.4. The lowest BCUT2D eigenvalue weighted by atomic mass is 9.86. The van der Waals surface area contributed by atoms with Crippen LogP contribution in [-0.2, 0) is 9.53 Å². The Balaban J connectivity index is 1.47. The first-order valence-electron chi connectivity index (χ1n) is 11.4. The van der Waals surface area contributed by atoms with Gasteiger partial charge >= 0.3 is 5.97 Å². The molecule has 33 heavy (non-hydrogen) atoms. The van der Waals surface area contributed by atoms with Crippen LogP contribution in [0, 0.1) is 12.8 Å². The molecule has 0 aromatic heterocycles. The van der Waals surface area contributed by atoms with Gasteiger partial charge in [0.25, 0.3) is 17.7 Å². The molecule has 2 aliphatic rings. The molecule has 4 rings (SSSR count). The molecule has 0 spiro atoms. The Kier molecular flexibility index (Phi) is 6.31. The fourth-order valence-electron chi connectivity index (χ4n) is 4.51. The summed E-state index contributed by atoms with van der Waals surface area (Å²) in [7, 11) is 0. The van der Waals surface area contributed by atoms with Gasteiger partial charge in [-0.2, -0.15) is 0 Å². The minimum Gasteiger partial charge on any atom is -0.449 e. The number of anilines is 1. The molecule has 0 saturated heterocycles. The van der Waals surface area contributed by atoms with Gasteiger partial charge in [0, 0.05) is 6.04 Å². The fourth-order valence-corrected chi connectivity index (χ4v) is 4.51. The van der Waals surface area contributed by atoms with Crippen molar-refractivity contribution in [3.05, 3.63) is 64.7 Å². The van der Waals surface area contributed by atoms with Crippen molar-refractivity contribution >= 4 is 29.4 Å². The number of rotatable bonds is 5. The summed E-state index contributed by atoms with van der Waals surface area (Å²) in [5.41, 5.74) is 1.80. The summed E-state index contributed by atoms with van der Waals surface area (Å²) < 4.78 is 5.37. The molecule has 1 aliphatic carbocycles. The number of fused-ring (bicyclic) bond motifs is 1. The van der Waals surface area contributed by atoms with Crippen LogP contribution in [0.2, 0.25) is 0 Å². The van der Waals surface area contributed by atoms with Gasteiger partial charge in [0.2, 0.25) is 0 Å². The second-order valence-corrected chi connectivity index (χ2v) is 8.92. The lowest BCUT2D eigenvalue weighted by Crippen LogP contribution is -2.46. The van der Waals surface area contributed by atoms with E-state index in [-0.39, 0.29) is 28.6 Å². The molecule has 3 atom stereocenters. The number of esters is 1. The molecule has 172 valence electrons. The SMILES string of the molecule is Cc1ccccc1N1C(=O)c2ccc(C(=O)OC(C)C(=O)NC3CCCCC3C)cc2C1=O. The molecule has 2 aromatic carbocycles. The van der Waals surface area contributed by atoms with Gasteiger partial charge in [-0.25, -0.2) is 9.69 Å². The standard InChI is InChI=1S/C26H28N2O5/c1-15-8-4-6-10-21(15)27-23(29)17(3)33-26(32)18-12-13-19-20(14-18)25(31)28(24(19)30)22-11-7-5-9-16(22)2/h5,7,9,11-15,17,21H,4,6,8,10H2,1-3H3,(H,27,29). The highest BCUT2D eigenvalue weighted by molar-refractivity contribution is 6.34. The van der Waals surface area contributed by atoms with E-state index in [9.17, 15) is 19.2 Å². The summed E-state index contributed by atoms with van der Waals surface area (Å²) in [4.78, 5) is 52.2. The highest BCUT2D eigenvalue weighted by Crippen LogP contribution is 2.31. The van der Waals surface area contributed by atoms with Crippen LogP contribution in [0.5, 0.6) is 0 Å². The van der Waals surface area contributed by atoms with E-state index >= 15 is 0 Å². The van der Waals surface area contributed by atoms with E-state index in [1.54, 1.807) is 12.1 Å². The summed E-state index contributed by atoms with van der Waals surface area (Å²) >= 11 is 0. The smallest absolute Gasteiger partial charge is 0.338 e. The summed E-state index contributed by atoms with van der Waals surface area (Å²) in [6, 6.07) is 11.5. The maximum absolute atomic E-state index is 13.0. The molecular weight excluding hydrogens is 420 g/mol. The quantitative estimate of drug-likeness (QED) is 0.551. The van der Waals surface area contributed by atoms with Crippen LogP contribution < -0.4 is 10.2 Å². The van der Waals surface area contributed by atoms with Crippen LogP contribution in [-0.4, -0.2) is 35.8 Å². The maximum Gasteiger partial charge on any atom is 0.338 e. The van der Waals surface area contributed by atoms with Gasteiger partial charge in [0.05, 0.1) is 22.4 Å². The number of carbonyl (C=O) groups is 4. The monoisotopic (exact) mass is 448 g/mol. The Bertz CT molecular complexity index is 1130. The van der Waals surface area contributed by atoms with Crippen molar-refractivity contribution in [2.24, 2.45) is 5.92 Å². The number of benzene rings is 2. The molecule has 2 aromatic rings. The van der Waals surface area contributed by atoms with Crippen molar-refractivity contribution in [1.29, 1.82) is 0 Å². The second-order valence-electron chi connectivity index (χ2n) is 8.92. The zero-order chi connectivity index (χ0) is 23.7. The van der Waals surface area contributed by atoms with Crippen LogP contribution >= 0.6 is 0 Å². The number of para-hydroxylation sites is 1. The first kappa shape index (κ1) is 22.7. The van der Waals surface area contributed by atoms with E-state index in [0.29, 0.717) is 11.6 Å². The Hall–Kier alpha value is -3.48. The van der Waals surface area contributed by atoms with E-state index in [2.05, 4.69) is 12.2 Å². The summed E-state index contributed by atoms with van der Waals surface area (Å²) in [6.45, 7) is 5.47. The average molecular weight is 449 g/mol. The number of ether oxygens (including phenoxy) is 1. The van der Waals surface area contributed by atoms with Crippen molar-refractivity contribution < 1.29 is 23.9 Å². The molecule has 1 N–H and O–H groups in total. The van der Waals surface area contributed by atoms with Gasteiger partial charge in [-0.05, 0) is 62.4 Å². The Morgan fingerprint density at radius 1 is 1.03 bits per heavy atom. The normalized spacial score (nSPS) is 20.9. The summed E-state index contributed by atoms with van der Waals surface area (Å²) in [6.07, 6.45) is 3.26. The largest absolute Gasteiger partial charge is 0.449 e. The summed E-state index contributed by atoms with van der Waals surface area (Å²) in [5.74, 6) is -1.58. The zero-order valence-corrected chi connectivity index (χ0v) is 19.1. The van der Waals surface area contributed by atoms with Gasteiger partial charge in [0.1, 0.15) is 0 Å². The van der Waals surface area contributed by atoms with Gasteiger partial charge in [-0.1, -0.05) is 38.0 Å². The van der Waals surface area contributed by atoms with Crippen molar-refractivity contribution in [3.63, 3.8) is 0 Å². The van der Waals surface area contributed by atoms with Gasteiger partial charge in [-0.3, -0.25) is 14.4 Å². The molecule has 1 aliphatic heterocycles. The third-order valence-electron chi connectivity index (χ3n) is 6.57. The minimum absolute atomic E-state index is 0.0865. The number of hydrogen-bond acceptors (Lipinski definition) is 5. The van der Waals surface area contributed by atoms with Crippen molar-refractivity contribution in [1.82, 2.24) is 5.32 Å². The topological polar surface area (TPSA) is 92.8 Å². The van der Waals surface area contributed by atoms with Crippen molar-refractivity contribution in [2.75, 3.05) is 4.90 Å². The Labute approximate surface area is 193 Å². The number of imide groups is 1. The molecule has 1 fully saturated rings. The zero-order valence-electron chi connectivity index (χ0n) is 19.1. The van der Waals surface area contributed by atoms with Gasteiger partial charge in [0.15, 0.2) is 6.10 Å². The van der Waals surface area contributed by atoms with Gasteiger partial charge < -0.3 is 10.1 Å². The highest BCUT2D eigenvalue weighted by Gasteiger charge is 2.38. The molecule has 0 radical (unpaired) electrons. The van der Waals surface area contributed by atoms with Crippen LogP contribution in [0.15, 0.2) is 42.5 Å². The highest BCUT2D eigenvalue weighted by atomic mass is 16.5. The maximum atomic E-state index is 13.0. The van der Waals surface area contributed by atoms with E-state index in [4.69, 9.17) is 4.74 Å². The third-order valence-corrected chi connectivity index (χ3v) is 6.57. The number of carbonyl (C=O) groups excluding carboxylic acids is 4. The first-order chi connectivity index (χ1) is 15.8. The molecular formula is C26H28N2O5. The van der Waals surface area contributed by atoms with Crippen molar-refractivity contribution in [3.8, 4) is 0 Å². The van der Waals surface area contributed by atoms with Crippen LogP contribution in [0.4, 0.5) is 5.69 Å². The molecule has 3 unspecified atom stereocenters. The minimum atomic E-state index is -0.972. The van der Waals surface area contributed by atoms with E-state index in [1.807, 2.05) is 19.1 Å². The average Bonchev–Trinajstić information content (AvgIpc) is 3.05. The fraction of sp³-hybridized carbons (Fsp3) is 0.385. The van der Waals surface area contributed by atoms with Crippen LogP contribution in [0.25, 0.3) is 0 Å². The van der Waals surface area contributed by atoms with E-state index in [0.717, 1.165) is 29.7 Å². The molecule has 0 bridgehead atoms. The molecule has 1 heterocycles. The Morgan fingerprint density at radius 3 is 2.45 bits per heavy atom. The number of amides is 3. The molecule has 1 saturated carbocycles.